The molecule has 1 aliphatic heterocycles. The van der Waals surface area contributed by atoms with Crippen molar-refractivity contribution in [1.82, 2.24) is 20.3 Å². The molecule has 0 spiro atoms. The number of hydrogen-bond acceptors (Lipinski definition) is 6. The van der Waals surface area contributed by atoms with Crippen molar-refractivity contribution in [2.45, 2.75) is 13.3 Å². The molecule has 25 heavy (non-hydrogen) atoms. The summed E-state index contributed by atoms with van der Waals surface area (Å²) in [5.41, 5.74) is 1.15. The zero-order valence-corrected chi connectivity index (χ0v) is 17.0. The monoisotopic (exact) mass is 426 g/mol. The molecule has 3 rings (SSSR count). The third-order valence-electron chi connectivity index (χ3n) is 4.43. The first kappa shape index (κ1) is 18.6. The highest BCUT2D eigenvalue weighted by molar-refractivity contribution is 9.11. The Bertz CT molecular complexity index is 722. The maximum absolute atomic E-state index is 12.6. The predicted octanol–water partition coefficient (Wildman–Crippen LogP) is 2.84. The molecule has 1 saturated heterocycles. The molecule has 0 atom stereocenters. The van der Waals surface area contributed by atoms with Gasteiger partial charge in [0.1, 0.15) is 17.0 Å². The molecule has 2 aromatic rings. The zero-order chi connectivity index (χ0) is 17.8. The van der Waals surface area contributed by atoms with Crippen LogP contribution < -0.4 is 5.32 Å². The summed E-state index contributed by atoms with van der Waals surface area (Å²) >= 11 is 4.98. The van der Waals surface area contributed by atoms with E-state index < -0.39 is 0 Å². The number of nitrogens with zero attached hydrogens (tertiary/aromatic N) is 3. The largest absolute Gasteiger partial charge is 0.360 e. The Kier molecular flexibility index (Phi) is 6.27. The zero-order valence-electron chi connectivity index (χ0n) is 14.5. The van der Waals surface area contributed by atoms with Gasteiger partial charge in [0.2, 0.25) is 0 Å². The van der Waals surface area contributed by atoms with Crippen LogP contribution >= 0.6 is 27.3 Å². The van der Waals surface area contributed by atoms with Gasteiger partial charge in [-0.25, -0.2) is 0 Å². The van der Waals surface area contributed by atoms with Gasteiger partial charge >= 0.3 is 0 Å². The van der Waals surface area contributed by atoms with Gasteiger partial charge in [-0.3, -0.25) is 4.79 Å². The Balaban J connectivity index is 1.53. The summed E-state index contributed by atoms with van der Waals surface area (Å²) < 4.78 is 6.26. The average Bonchev–Trinajstić information content (AvgIpc) is 3.18. The number of aromatic nitrogens is 1. The van der Waals surface area contributed by atoms with E-state index >= 15 is 0 Å². The number of nitrogens with one attached hydrogen (secondary N) is 1. The van der Waals surface area contributed by atoms with Crippen LogP contribution in [0.2, 0.25) is 0 Å². The minimum atomic E-state index is -0.114. The third-order valence-corrected chi connectivity index (χ3v) is 6.06. The highest BCUT2D eigenvalue weighted by Gasteiger charge is 2.22. The van der Waals surface area contributed by atoms with E-state index in [0.29, 0.717) is 23.6 Å². The fraction of sp³-hybridized carbons (Fsp3) is 0.529. The Morgan fingerprint density at radius 3 is 2.80 bits per heavy atom. The summed E-state index contributed by atoms with van der Waals surface area (Å²) in [6, 6.07) is 3.89. The van der Waals surface area contributed by atoms with Crippen molar-refractivity contribution in [2.24, 2.45) is 0 Å². The number of likely N-dealkylation sites (N-methyl/N-ethyl adjacent to an activating group) is 1. The predicted molar refractivity (Wildman–Crippen MR) is 103 cm³/mol. The van der Waals surface area contributed by atoms with Crippen LogP contribution in [-0.2, 0) is 0 Å². The van der Waals surface area contributed by atoms with Gasteiger partial charge in [-0.1, -0.05) is 5.16 Å². The third kappa shape index (κ3) is 4.69. The SMILES string of the molecule is Cc1onc(-c2ccc(Br)s2)c1C(=O)NCCCN1CCN(C)CC1. The van der Waals surface area contributed by atoms with Crippen LogP contribution in [0.3, 0.4) is 0 Å². The number of hydrogen-bond donors (Lipinski definition) is 1. The maximum atomic E-state index is 12.6. The number of rotatable bonds is 6. The van der Waals surface area contributed by atoms with Gasteiger partial charge in [0, 0.05) is 32.7 Å². The summed E-state index contributed by atoms with van der Waals surface area (Å²) in [7, 11) is 2.16. The van der Waals surface area contributed by atoms with Crippen molar-refractivity contribution in [3.05, 3.63) is 27.2 Å². The lowest BCUT2D eigenvalue weighted by molar-refractivity contribution is 0.0948. The number of carbonyl (C=O) groups excluding carboxylic acids is 1. The summed E-state index contributed by atoms with van der Waals surface area (Å²) in [5, 5.41) is 7.08. The second-order valence-corrected chi connectivity index (χ2v) is 8.78. The second-order valence-electron chi connectivity index (χ2n) is 6.32. The molecule has 0 unspecified atom stereocenters. The van der Waals surface area contributed by atoms with Gasteiger partial charge in [-0.2, -0.15) is 0 Å². The summed E-state index contributed by atoms with van der Waals surface area (Å²) in [5.74, 6) is 0.438. The highest BCUT2D eigenvalue weighted by atomic mass is 79.9. The molecule has 1 fully saturated rings. The van der Waals surface area contributed by atoms with Gasteiger partial charge in [0.05, 0.1) is 8.66 Å². The van der Waals surface area contributed by atoms with Crippen molar-refractivity contribution >= 4 is 33.2 Å². The van der Waals surface area contributed by atoms with Crippen molar-refractivity contribution in [2.75, 3.05) is 46.3 Å². The van der Waals surface area contributed by atoms with Crippen LogP contribution in [0.5, 0.6) is 0 Å². The Labute approximate surface area is 160 Å². The number of carbonyl (C=O) groups is 1. The summed E-state index contributed by atoms with van der Waals surface area (Å²) in [6.45, 7) is 7.89. The van der Waals surface area contributed by atoms with Crippen LogP contribution in [-0.4, -0.2) is 67.2 Å². The molecular formula is C17H23BrN4O2S. The first-order chi connectivity index (χ1) is 12.0. The number of thiophene rings is 1. The van der Waals surface area contributed by atoms with E-state index in [-0.39, 0.29) is 5.91 Å². The number of halogens is 1. The molecule has 0 radical (unpaired) electrons. The molecule has 1 aliphatic rings. The van der Waals surface area contributed by atoms with E-state index in [2.05, 4.69) is 43.3 Å². The molecule has 6 nitrogen and oxygen atoms in total. The van der Waals surface area contributed by atoms with E-state index in [1.807, 2.05) is 12.1 Å². The molecule has 1 amide bonds. The lowest BCUT2D eigenvalue weighted by Crippen LogP contribution is -2.45. The van der Waals surface area contributed by atoms with Crippen molar-refractivity contribution in [1.29, 1.82) is 0 Å². The molecular weight excluding hydrogens is 404 g/mol. The lowest BCUT2D eigenvalue weighted by Gasteiger charge is -2.32. The van der Waals surface area contributed by atoms with E-state index in [1.54, 1.807) is 6.92 Å². The lowest BCUT2D eigenvalue weighted by atomic mass is 10.1. The van der Waals surface area contributed by atoms with Gasteiger partial charge in [-0.15, -0.1) is 11.3 Å². The summed E-state index contributed by atoms with van der Waals surface area (Å²) in [4.78, 5) is 18.3. The molecule has 136 valence electrons. The van der Waals surface area contributed by atoms with E-state index in [0.717, 1.165) is 47.8 Å². The molecule has 0 saturated carbocycles. The molecule has 0 aromatic carbocycles. The molecule has 0 aliphatic carbocycles. The Morgan fingerprint density at radius 1 is 1.36 bits per heavy atom. The van der Waals surface area contributed by atoms with Crippen LogP contribution in [0.25, 0.3) is 10.6 Å². The van der Waals surface area contributed by atoms with Crippen LogP contribution in [0.15, 0.2) is 20.4 Å². The van der Waals surface area contributed by atoms with Crippen molar-refractivity contribution < 1.29 is 9.32 Å². The molecule has 3 heterocycles. The topological polar surface area (TPSA) is 61.6 Å². The minimum absolute atomic E-state index is 0.114. The summed E-state index contributed by atoms with van der Waals surface area (Å²) in [6.07, 6.45) is 0.944. The fourth-order valence-electron chi connectivity index (χ4n) is 2.91. The maximum Gasteiger partial charge on any atom is 0.257 e. The smallest absolute Gasteiger partial charge is 0.257 e. The number of piperazine rings is 1. The van der Waals surface area contributed by atoms with E-state index in [1.165, 1.54) is 11.3 Å². The number of aryl methyl sites for hydroxylation is 1. The van der Waals surface area contributed by atoms with Crippen LogP contribution in [0.4, 0.5) is 0 Å². The van der Waals surface area contributed by atoms with Crippen molar-refractivity contribution in [3.8, 4) is 10.6 Å². The Morgan fingerprint density at radius 2 is 2.12 bits per heavy atom. The normalized spacial score (nSPS) is 16.3. The average molecular weight is 427 g/mol. The first-order valence-electron chi connectivity index (χ1n) is 8.45. The van der Waals surface area contributed by atoms with Crippen molar-refractivity contribution in [3.63, 3.8) is 0 Å². The number of amides is 1. The molecule has 0 bridgehead atoms. The van der Waals surface area contributed by atoms with Crippen LogP contribution in [0, 0.1) is 6.92 Å². The van der Waals surface area contributed by atoms with Gasteiger partial charge < -0.3 is 19.6 Å². The van der Waals surface area contributed by atoms with Gasteiger partial charge in [0.15, 0.2) is 0 Å². The Hall–Kier alpha value is -1.22. The van der Waals surface area contributed by atoms with Gasteiger partial charge in [0.25, 0.3) is 5.91 Å². The van der Waals surface area contributed by atoms with E-state index in [9.17, 15) is 4.79 Å². The van der Waals surface area contributed by atoms with E-state index in [4.69, 9.17) is 4.52 Å². The molecule has 2 aromatic heterocycles. The fourth-order valence-corrected chi connectivity index (χ4v) is 4.29. The highest BCUT2D eigenvalue weighted by Crippen LogP contribution is 2.33. The molecule has 8 heteroatoms. The first-order valence-corrected chi connectivity index (χ1v) is 10.1. The van der Waals surface area contributed by atoms with Gasteiger partial charge in [-0.05, 0) is 55.0 Å². The van der Waals surface area contributed by atoms with Crippen LogP contribution in [0.1, 0.15) is 22.5 Å². The second kappa shape index (κ2) is 8.44. The standard InChI is InChI=1S/C17H23BrN4O2S/c1-12-15(16(20-24-12)13-4-5-14(18)25-13)17(23)19-6-3-7-22-10-8-21(2)9-11-22/h4-5H,3,6-11H2,1-2H3,(H,19,23). The minimum Gasteiger partial charge on any atom is -0.360 e. The molecule has 1 N–H and O–H groups in total. The quantitative estimate of drug-likeness (QED) is 0.719.